The van der Waals surface area contributed by atoms with E-state index in [1.165, 1.54) is 27.5 Å². The first-order valence-corrected chi connectivity index (χ1v) is 9.42. The molecule has 0 fully saturated rings. The molecule has 0 amide bonds. The first kappa shape index (κ1) is 16.5. The molecule has 0 aliphatic carbocycles. The fourth-order valence-electron chi connectivity index (χ4n) is 3.98. The number of para-hydroxylation sites is 2. The molecule has 5 rings (SSSR count). The third kappa shape index (κ3) is 2.52. The predicted octanol–water partition coefficient (Wildman–Crippen LogP) is 6.07. The van der Waals surface area contributed by atoms with Crippen molar-refractivity contribution in [3.63, 3.8) is 0 Å². The lowest BCUT2D eigenvalue weighted by molar-refractivity contribution is 1.18. The van der Waals surface area contributed by atoms with Crippen LogP contribution in [0.15, 0.2) is 91.0 Å². The van der Waals surface area contributed by atoms with Crippen LogP contribution in [-0.4, -0.2) is 11.6 Å². The maximum atomic E-state index is 6.19. The summed E-state index contributed by atoms with van der Waals surface area (Å²) in [4.78, 5) is 0. The summed E-state index contributed by atoms with van der Waals surface area (Å²) in [6, 6.07) is 31.9. The molecule has 0 spiro atoms. The van der Waals surface area contributed by atoms with E-state index in [9.17, 15) is 0 Å². The third-order valence-corrected chi connectivity index (χ3v) is 5.34. The third-order valence-electron chi connectivity index (χ3n) is 5.34. The summed E-state index contributed by atoms with van der Waals surface area (Å²) < 4.78 is 2.33. The van der Waals surface area contributed by atoms with Crippen LogP contribution in [-0.2, 0) is 0 Å². The van der Waals surface area contributed by atoms with Crippen molar-refractivity contribution in [3.8, 4) is 16.8 Å². The molecule has 0 atom stereocenters. The molecule has 28 heavy (non-hydrogen) atoms. The molecule has 3 nitrogen and oxygen atoms in total. The zero-order valence-electron chi connectivity index (χ0n) is 15.7. The second-order valence-corrected chi connectivity index (χ2v) is 6.97. The summed E-state index contributed by atoms with van der Waals surface area (Å²) in [6.45, 7) is 0. The van der Waals surface area contributed by atoms with Crippen LogP contribution in [0.25, 0.3) is 38.6 Å². The Morgan fingerprint density at radius 1 is 0.679 bits per heavy atom. The Kier molecular flexibility index (Phi) is 3.80. The lowest BCUT2D eigenvalue weighted by atomic mass is 10.0. The summed E-state index contributed by atoms with van der Waals surface area (Å²) in [5, 5.41) is 5.62. The van der Waals surface area contributed by atoms with Gasteiger partial charge < -0.3 is 15.6 Å². The Hall–Kier alpha value is -3.72. The zero-order chi connectivity index (χ0) is 19.1. The van der Waals surface area contributed by atoms with Crippen LogP contribution >= 0.6 is 0 Å². The lowest BCUT2D eigenvalue weighted by Gasteiger charge is -2.09. The van der Waals surface area contributed by atoms with Crippen molar-refractivity contribution in [2.75, 3.05) is 18.1 Å². The van der Waals surface area contributed by atoms with Gasteiger partial charge in [-0.05, 0) is 53.6 Å². The predicted molar refractivity (Wildman–Crippen MR) is 120 cm³/mol. The summed E-state index contributed by atoms with van der Waals surface area (Å²) in [5.41, 5.74) is 13.8. The fourth-order valence-corrected chi connectivity index (χ4v) is 3.98. The molecular weight excluding hydrogens is 342 g/mol. The monoisotopic (exact) mass is 363 g/mol. The van der Waals surface area contributed by atoms with Gasteiger partial charge in [-0.1, -0.05) is 48.5 Å². The van der Waals surface area contributed by atoms with Gasteiger partial charge in [0.05, 0.1) is 22.4 Å². The summed E-state index contributed by atoms with van der Waals surface area (Å²) >= 11 is 0. The molecule has 0 saturated heterocycles. The molecule has 0 saturated carbocycles. The minimum Gasteiger partial charge on any atom is -0.397 e. The number of aromatic nitrogens is 1. The number of rotatable bonds is 3. The molecule has 1 aromatic heterocycles. The van der Waals surface area contributed by atoms with Gasteiger partial charge in [-0.3, -0.25) is 0 Å². The molecule has 4 aromatic carbocycles. The normalized spacial score (nSPS) is 11.2. The molecule has 136 valence electrons. The van der Waals surface area contributed by atoms with Crippen LogP contribution in [0, 0.1) is 0 Å². The van der Waals surface area contributed by atoms with Crippen molar-refractivity contribution < 1.29 is 0 Å². The number of nitrogens with two attached hydrogens (primary N) is 1. The standard InChI is InChI=1S/C25H21N3/c1-27-23-13-11-18(16-22(23)26)17-12-14-25-21(15-17)20-9-5-6-10-24(20)28(25)19-7-3-2-4-8-19/h2-16,27H,26H2,1H3. The number of nitrogens with one attached hydrogen (secondary N) is 1. The van der Waals surface area contributed by atoms with Gasteiger partial charge in [0.2, 0.25) is 0 Å². The van der Waals surface area contributed by atoms with Crippen molar-refractivity contribution in [1.29, 1.82) is 0 Å². The van der Waals surface area contributed by atoms with Crippen LogP contribution < -0.4 is 11.1 Å². The summed E-state index contributed by atoms with van der Waals surface area (Å²) in [5.74, 6) is 0. The average molecular weight is 363 g/mol. The number of hydrogen-bond donors (Lipinski definition) is 2. The van der Waals surface area contributed by atoms with Crippen LogP contribution in [0.2, 0.25) is 0 Å². The molecule has 0 radical (unpaired) electrons. The molecule has 0 bridgehead atoms. The van der Waals surface area contributed by atoms with Crippen LogP contribution in [0.5, 0.6) is 0 Å². The number of nitrogens with zero attached hydrogens (tertiary/aromatic N) is 1. The van der Waals surface area contributed by atoms with E-state index in [2.05, 4.69) is 88.7 Å². The smallest absolute Gasteiger partial charge is 0.0571 e. The topological polar surface area (TPSA) is 43.0 Å². The van der Waals surface area contributed by atoms with Gasteiger partial charge in [0.15, 0.2) is 0 Å². The van der Waals surface area contributed by atoms with E-state index in [0.29, 0.717) is 0 Å². The minimum atomic E-state index is 0.756. The maximum Gasteiger partial charge on any atom is 0.0571 e. The largest absolute Gasteiger partial charge is 0.397 e. The van der Waals surface area contributed by atoms with E-state index < -0.39 is 0 Å². The van der Waals surface area contributed by atoms with Crippen molar-refractivity contribution in [1.82, 2.24) is 4.57 Å². The van der Waals surface area contributed by atoms with E-state index in [-0.39, 0.29) is 0 Å². The van der Waals surface area contributed by atoms with Crippen molar-refractivity contribution in [2.45, 2.75) is 0 Å². The Morgan fingerprint density at radius 2 is 1.36 bits per heavy atom. The van der Waals surface area contributed by atoms with Gasteiger partial charge in [0, 0.05) is 23.5 Å². The van der Waals surface area contributed by atoms with E-state index in [1.807, 2.05) is 19.2 Å². The molecule has 3 heteroatoms. The summed E-state index contributed by atoms with van der Waals surface area (Å²) in [7, 11) is 1.88. The zero-order valence-corrected chi connectivity index (χ0v) is 15.7. The van der Waals surface area contributed by atoms with E-state index in [4.69, 9.17) is 5.73 Å². The molecular formula is C25H21N3. The molecule has 1 heterocycles. The van der Waals surface area contributed by atoms with Gasteiger partial charge in [-0.2, -0.15) is 0 Å². The molecule has 3 N–H and O–H groups in total. The van der Waals surface area contributed by atoms with Gasteiger partial charge in [-0.15, -0.1) is 0 Å². The highest BCUT2D eigenvalue weighted by Gasteiger charge is 2.13. The Bertz CT molecular complexity index is 1300. The quantitative estimate of drug-likeness (QED) is 0.382. The molecule has 0 aliphatic rings. The summed E-state index contributed by atoms with van der Waals surface area (Å²) in [6.07, 6.45) is 0. The Balaban J connectivity index is 1.77. The SMILES string of the molecule is CNc1ccc(-c2ccc3c(c2)c2ccccc2n3-c2ccccc2)cc1N. The highest BCUT2D eigenvalue weighted by atomic mass is 15.0. The first-order valence-electron chi connectivity index (χ1n) is 9.42. The van der Waals surface area contributed by atoms with E-state index >= 15 is 0 Å². The van der Waals surface area contributed by atoms with Gasteiger partial charge in [0.1, 0.15) is 0 Å². The number of nitrogen functional groups attached to an aromatic ring is 1. The van der Waals surface area contributed by atoms with E-state index in [1.54, 1.807) is 0 Å². The highest BCUT2D eigenvalue weighted by Crippen LogP contribution is 2.35. The van der Waals surface area contributed by atoms with Crippen molar-refractivity contribution in [2.24, 2.45) is 0 Å². The first-order chi connectivity index (χ1) is 13.8. The fraction of sp³-hybridized carbons (Fsp3) is 0.0400. The Labute approximate surface area is 164 Å². The number of hydrogen-bond acceptors (Lipinski definition) is 2. The molecule has 0 aliphatic heterocycles. The molecule has 5 aromatic rings. The van der Waals surface area contributed by atoms with Crippen molar-refractivity contribution >= 4 is 33.2 Å². The lowest BCUT2D eigenvalue weighted by Crippen LogP contribution is -1.95. The van der Waals surface area contributed by atoms with Gasteiger partial charge >= 0.3 is 0 Å². The van der Waals surface area contributed by atoms with E-state index in [0.717, 1.165) is 22.5 Å². The Morgan fingerprint density at radius 3 is 2.14 bits per heavy atom. The van der Waals surface area contributed by atoms with Gasteiger partial charge in [0.25, 0.3) is 0 Å². The van der Waals surface area contributed by atoms with Crippen LogP contribution in [0.3, 0.4) is 0 Å². The minimum absolute atomic E-state index is 0.756. The van der Waals surface area contributed by atoms with Crippen LogP contribution in [0.4, 0.5) is 11.4 Å². The average Bonchev–Trinajstić information content (AvgIpc) is 3.08. The number of fused-ring (bicyclic) bond motifs is 3. The van der Waals surface area contributed by atoms with Gasteiger partial charge in [-0.25, -0.2) is 0 Å². The second kappa shape index (κ2) is 6.46. The van der Waals surface area contributed by atoms with Crippen LogP contribution in [0.1, 0.15) is 0 Å². The van der Waals surface area contributed by atoms with Crippen molar-refractivity contribution in [3.05, 3.63) is 91.0 Å². The second-order valence-electron chi connectivity index (χ2n) is 6.97. The number of benzene rings is 4. The highest BCUT2D eigenvalue weighted by molar-refractivity contribution is 6.10. The molecule has 0 unspecified atom stereocenters. The maximum absolute atomic E-state index is 6.19. The number of anilines is 2.